The molecule has 3 heterocycles. The van der Waals surface area contributed by atoms with Gasteiger partial charge in [0, 0.05) is 12.1 Å². The van der Waals surface area contributed by atoms with Crippen molar-refractivity contribution < 1.29 is 19.0 Å². The average molecular weight is 365 g/mol. The second-order valence-electron chi connectivity index (χ2n) is 6.79. The van der Waals surface area contributed by atoms with E-state index in [1.165, 1.54) is 0 Å². The van der Waals surface area contributed by atoms with Crippen molar-refractivity contribution in [3.8, 4) is 11.5 Å². The van der Waals surface area contributed by atoms with Gasteiger partial charge < -0.3 is 24.1 Å². The molecule has 7 heteroatoms. The Hall–Kier alpha value is -3.06. The van der Waals surface area contributed by atoms with Gasteiger partial charge >= 0.3 is 0 Å². The molecule has 7 nitrogen and oxygen atoms in total. The third-order valence-electron chi connectivity index (χ3n) is 5.03. The number of aromatic nitrogens is 2. The van der Waals surface area contributed by atoms with Crippen LogP contribution in [0.5, 0.6) is 11.5 Å². The molecule has 1 amide bonds. The molecule has 5 rings (SSSR count). The van der Waals surface area contributed by atoms with E-state index in [4.69, 9.17) is 19.2 Å². The first kappa shape index (κ1) is 16.1. The Morgan fingerprint density at radius 2 is 2.15 bits per heavy atom. The Bertz CT molecular complexity index is 1040. The molecule has 0 radical (unpaired) electrons. The van der Waals surface area contributed by atoms with E-state index in [0.29, 0.717) is 36.8 Å². The van der Waals surface area contributed by atoms with Crippen molar-refractivity contribution in [3.63, 3.8) is 0 Å². The highest BCUT2D eigenvalue weighted by atomic mass is 16.7. The van der Waals surface area contributed by atoms with Crippen LogP contribution < -0.4 is 14.8 Å². The first-order valence-electron chi connectivity index (χ1n) is 8.93. The normalized spacial score (nSPS) is 17.7. The van der Waals surface area contributed by atoms with Crippen LogP contribution in [0, 0.1) is 6.92 Å². The molecule has 0 fully saturated rings. The summed E-state index contributed by atoms with van der Waals surface area (Å²) in [6.45, 7) is 3.72. The highest BCUT2D eigenvalue weighted by Crippen LogP contribution is 2.32. The van der Waals surface area contributed by atoms with E-state index in [-0.39, 0.29) is 18.7 Å². The van der Waals surface area contributed by atoms with Gasteiger partial charge in [0.2, 0.25) is 6.79 Å². The van der Waals surface area contributed by atoms with Crippen molar-refractivity contribution in [3.05, 3.63) is 53.3 Å². The lowest BCUT2D eigenvalue weighted by atomic mass is 10.1. The number of ether oxygens (including phenoxy) is 3. The molecule has 1 atom stereocenters. The van der Waals surface area contributed by atoms with Crippen molar-refractivity contribution >= 4 is 16.9 Å². The first-order chi connectivity index (χ1) is 13.2. The van der Waals surface area contributed by atoms with E-state index in [2.05, 4.69) is 28.9 Å². The van der Waals surface area contributed by atoms with Crippen molar-refractivity contribution in [1.29, 1.82) is 0 Å². The molecule has 3 aromatic rings. The predicted molar refractivity (Wildman–Crippen MR) is 98.1 cm³/mol. The highest BCUT2D eigenvalue weighted by Gasteiger charge is 2.25. The van der Waals surface area contributed by atoms with Gasteiger partial charge in [-0.25, -0.2) is 4.98 Å². The number of nitrogens with one attached hydrogen (secondary N) is 1. The fourth-order valence-corrected chi connectivity index (χ4v) is 3.68. The average Bonchev–Trinajstić information content (AvgIpc) is 3.30. The summed E-state index contributed by atoms with van der Waals surface area (Å²) in [4.78, 5) is 17.3. The minimum absolute atomic E-state index is 0.00138. The largest absolute Gasteiger partial charge is 0.454 e. The van der Waals surface area contributed by atoms with Crippen molar-refractivity contribution in [2.75, 3.05) is 19.9 Å². The van der Waals surface area contributed by atoms with Crippen molar-refractivity contribution in [2.45, 2.75) is 19.6 Å². The minimum Gasteiger partial charge on any atom is -0.454 e. The van der Waals surface area contributed by atoms with E-state index in [9.17, 15) is 4.79 Å². The lowest BCUT2D eigenvalue weighted by Gasteiger charge is -2.26. The van der Waals surface area contributed by atoms with E-state index in [1.807, 2.05) is 6.07 Å². The van der Waals surface area contributed by atoms with Gasteiger partial charge in [-0.15, -0.1) is 0 Å². The third kappa shape index (κ3) is 2.71. The molecule has 1 aromatic heterocycles. The van der Waals surface area contributed by atoms with Crippen LogP contribution in [0.2, 0.25) is 0 Å². The Morgan fingerprint density at radius 1 is 1.26 bits per heavy atom. The molecule has 1 unspecified atom stereocenters. The molecule has 27 heavy (non-hydrogen) atoms. The number of hydrogen-bond donors (Lipinski definition) is 1. The SMILES string of the molecule is Cc1cccc2c1nc1n2C(CNC(=O)c2ccc3c(c2)OCO3)COC1. The van der Waals surface area contributed by atoms with Crippen molar-refractivity contribution in [1.82, 2.24) is 14.9 Å². The summed E-state index contributed by atoms with van der Waals surface area (Å²) in [5, 5.41) is 3.01. The Kier molecular flexibility index (Phi) is 3.75. The number of para-hydroxylation sites is 1. The maximum atomic E-state index is 12.6. The fourth-order valence-electron chi connectivity index (χ4n) is 3.68. The van der Waals surface area contributed by atoms with Gasteiger partial charge in [-0.05, 0) is 36.8 Å². The molecular formula is C20H19N3O4. The van der Waals surface area contributed by atoms with Crippen molar-refractivity contribution in [2.24, 2.45) is 0 Å². The number of nitrogens with zero attached hydrogens (tertiary/aromatic N) is 2. The van der Waals surface area contributed by atoms with Gasteiger partial charge in [0.1, 0.15) is 12.4 Å². The molecule has 2 aromatic carbocycles. The second-order valence-corrected chi connectivity index (χ2v) is 6.79. The van der Waals surface area contributed by atoms with Crippen LogP contribution in [0.4, 0.5) is 0 Å². The van der Waals surface area contributed by atoms with Gasteiger partial charge in [-0.3, -0.25) is 4.79 Å². The van der Waals surface area contributed by atoms with Crippen LogP contribution in [0.3, 0.4) is 0 Å². The standard InChI is InChI=1S/C20H19N3O4/c1-12-3-2-4-15-19(12)22-18-10-25-9-14(23(15)18)8-21-20(24)13-5-6-16-17(7-13)27-11-26-16/h2-7,14H,8-11H2,1H3,(H,21,24). The Morgan fingerprint density at radius 3 is 3.07 bits per heavy atom. The Balaban J connectivity index is 1.37. The summed E-state index contributed by atoms with van der Waals surface area (Å²) >= 11 is 0. The monoisotopic (exact) mass is 365 g/mol. The molecule has 2 aliphatic heterocycles. The van der Waals surface area contributed by atoms with E-state index >= 15 is 0 Å². The van der Waals surface area contributed by atoms with Crippen LogP contribution >= 0.6 is 0 Å². The molecule has 1 N–H and O–H groups in total. The predicted octanol–water partition coefficient (Wildman–Crippen LogP) is 2.57. The van der Waals surface area contributed by atoms with Gasteiger partial charge in [-0.2, -0.15) is 0 Å². The topological polar surface area (TPSA) is 74.6 Å². The Labute approximate surface area is 155 Å². The van der Waals surface area contributed by atoms with Gasteiger partial charge in [0.25, 0.3) is 5.91 Å². The van der Waals surface area contributed by atoms with E-state index in [1.54, 1.807) is 18.2 Å². The zero-order chi connectivity index (χ0) is 18.4. The van der Waals surface area contributed by atoms with Crippen LogP contribution in [-0.2, 0) is 11.3 Å². The lowest BCUT2D eigenvalue weighted by Crippen LogP contribution is -2.35. The van der Waals surface area contributed by atoms with Gasteiger partial charge in [0.05, 0.1) is 23.7 Å². The maximum absolute atomic E-state index is 12.6. The van der Waals surface area contributed by atoms with Gasteiger partial charge in [-0.1, -0.05) is 12.1 Å². The highest BCUT2D eigenvalue weighted by molar-refractivity contribution is 5.95. The number of benzene rings is 2. The number of fused-ring (bicyclic) bond motifs is 4. The number of carbonyl (C=O) groups excluding carboxylic acids is 1. The number of rotatable bonds is 3. The van der Waals surface area contributed by atoms with E-state index in [0.717, 1.165) is 22.4 Å². The molecule has 0 spiro atoms. The number of carbonyl (C=O) groups is 1. The second kappa shape index (κ2) is 6.28. The summed E-state index contributed by atoms with van der Waals surface area (Å²) in [5.74, 6) is 2.01. The smallest absolute Gasteiger partial charge is 0.251 e. The molecule has 138 valence electrons. The van der Waals surface area contributed by atoms with Crippen LogP contribution in [0.15, 0.2) is 36.4 Å². The lowest BCUT2D eigenvalue weighted by molar-refractivity contribution is 0.0553. The molecule has 0 saturated heterocycles. The number of amides is 1. The van der Waals surface area contributed by atoms with Crippen LogP contribution in [0.1, 0.15) is 27.8 Å². The molecule has 2 aliphatic rings. The molecular weight excluding hydrogens is 346 g/mol. The summed E-state index contributed by atoms with van der Waals surface area (Å²) in [6, 6.07) is 11.3. The van der Waals surface area contributed by atoms with Gasteiger partial charge in [0.15, 0.2) is 11.5 Å². The summed E-state index contributed by atoms with van der Waals surface area (Å²) in [6.07, 6.45) is 0. The summed E-state index contributed by atoms with van der Waals surface area (Å²) in [5.41, 5.74) is 3.75. The zero-order valence-electron chi connectivity index (χ0n) is 14.9. The summed E-state index contributed by atoms with van der Waals surface area (Å²) < 4.78 is 18.5. The molecule has 0 aliphatic carbocycles. The van der Waals surface area contributed by atoms with Crippen LogP contribution in [0.25, 0.3) is 11.0 Å². The first-order valence-corrected chi connectivity index (χ1v) is 8.93. The zero-order valence-corrected chi connectivity index (χ0v) is 14.9. The quantitative estimate of drug-likeness (QED) is 0.772. The number of imidazole rings is 1. The molecule has 0 saturated carbocycles. The van der Waals surface area contributed by atoms with Crippen LogP contribution in [-0.4, -0.2) is 35.4 Å². The number of aryl methyl sites for hydroxylation is 1. The maximum Gasteiger partial charge on any atom is 0.251 e. The number of hydrogen-bond acceptors (Lipinski definition) is 5. The van der Waals surface area contributed by atoms with E-state index < -0.39 is 0 Å². The third-order valence-corrected chi connectivity index (χ3v) is 5.03. The minimum atomic E-state index is -0.152. The fraction of sp³-hybridized carbons (Fsp3) is 0.300. The molecule has 0 bridgehead atoms. The summed E-state index contributed by atoms with van der Waals surface area (Å²) in [7, 11) is 0.